The molecule has 0 aromatic heterocycles. The molecule has 0 aliphatic carbocycles. The van der Waals surface area contributed by atoms with Crippen molar-refractivity contribution in [3.05, 3.63) is 11.6 Å². The highest BCUT2D eigenvalue weighted by Crippen LogP contribution is 2.15. The molecule has 0 amide bonds. The van der Waals surface area contributed by atoms with Gasteiger partial charge in [0, 0.05) is 13.0 Å². The number of Topliss-reactive ketones (excluding diaryl/α,β-unsaturated/α-hetero) is 1. The summed E-state index contributed by atoms with van der Waals surface area (Å²) in [6.07, 6.45) is 8.12. The number of carbonyl (C=O) groups is 1. The van der Waals surface area contributed by atoms with Crippen molar-refractivity contribution in [1.82, 2.24) is 0 Å². The molecule has 0 heterocycles. The Morgan fingerprint density at radius 3 is 2.50 bits per heavy atom. The van der Waals surface area contributed by atoms with Crippen LogP contribution in [0.5, 0.6) is 0 Å². The second-order valence-electron chi connectivity index (χ2n) is 4.80. The maximum atomic E-state index is 10.7. The summed E-state index contributed by atoms with van der Waals surface area (Å²) in [5.41, 5.74) is 1.39. The largest absolute Gasteiger partial charge is 0.396 e. The van der Waals surface area contributed by atoms with Gasteiger partial charge in [-0.05, 0) is 45.4 Å². The molecule has 0 aromatic carbocycles. The zero-order chi connectivity index (χ0) is 12.4. The standard InChI is InChI=1S/C14H26O2/c1-12(8-5-9-14(3)16)6-4-7-13(2)10-11-15/h8,13,15H,4-7,9-11H2,1-3H3. The smallest absolute Gasteiger partial charge is 0.130 e. The molecule has 0 bridgehead atoms. The van der Waals surface area contributed by atoms with Gasteiger partial charge in [-0.3, -0.25) is 0 Å². The van der Waals surface area contributed by atoms with Gasteiger partial charge < -0.3 is 9.90 Å². The van der Waals surface area contributed by atoms with Gasteiger partial charge in [-0.25, -0.2) is 0 Å². The van der Waals surface area contributed by atoms with Gasteiger partial charge in [-0.2, -0.15) is 0 Å². The first-order valence-corrected chi connectivity index (χ1v) is 6.32. The van der Waals surface area contributed by atoms with Gasteiger partial charge in [0.2, 0.25) is 0 Å². The van der Waals surface area contributed by atoms with Gasteiger partial charge in [0.05, 0.1) is 0 Å². The van der Waals surface area contributed by atoms with E-state index in [1.165, 1.54) is 18.4 Å². The van der Waals surface area contributed by atoms with E-state index in [0.29, 0.717) is 18.9 Å². The predicted molar refractivity (Wildman–Crippen MR) is 68.4 cm³/mol. The molecule has 0 fully saturated rings. The van der Waals surface area contributed by atoms with Crippen LogP contribution in [0, 0.1) is 5.92 Å². The fourth-order valence-electron chi connectivity index (χ4n) is 1.72. The van der Waals surface area contributed by atoms with Crippen LogP contribution in [-0.4, -0.2) is 17.5 Å². The summed E-state index contributed by atoms with van der Waals surface area (Å²) < 4.78 is 0. The van der Waals surface area contributed by atoms with Crippen molar-refractivity contribution in [2.75, 3.05) is 6.61 Å². The summed E-state index contributed by atoms with van der Waals surface area (Å²) in [5.74, 6) is 0.885. The van der Waals surface area contributed by atoms with Gasteiger partial charge in [0.1, 0.15) is 5.78 Å². The normalized spacial score (nSPS) is 13.9. The van der Waals surface area contributed by atoms with Crippen LogP contribution in [0.15, 0.2) is 11.6 Å². The van der Waals surface area contributed by atoms with Crippen LogP contribution < -0.4 is 0 Å². The summed E-state index contributed by atoms with van der Waals surface area (Å²) >= 11 is 0. The Kier molecular flexibility index (Phi) is 9.21. The number of rotatable bonds is 9. The van der Waals surface area contributed by atoms with Gasteiger partial charge in [0.15, 0.2) is 0 Å². The lowest BCUT2D eigenvalue weighted by Crippen LogP contribution is -1.98. The third-order valence-electron chi connectivity index (χ3n) is 2.88. The highest BCUT2D eigenvalue weighted by Gasteiger charge is 2.01. The molecule has 94 valence electrons. The molecular weight excluding hydrogens is 200 g/mol. The Labute approximate surface area is 99.7 Å². The number of carbonyl (C=O) groups excluding carboxylic acids is 1. The zero-order valence-corrected chi connectivity index (χ0v) is 11.0. The van der Waals surface area contributed by atoms with E-state index in [1.54, 1.807) is 6.92 Å². The van der Waals surface area contributed by atoms with Gasteiger partial charge in [0.25, 0.3) is 0 Å². The van der Waals surface area contributed by atoms with Crippen LogP contribution in [-0.2, 0) is 4.79 Å². The van der Waals surface area contributed by atoms with Crippen molar-refractivity contribution in [1.29, 1.82) is 0 Å². The first-order chi connectivity index (χ1) is 7.56. The molecule has 0 rings (SSSR count). The van der Waals surface area contributed by atoms with Crippen molar-refractivity contribution < 1.29 is 9.90 Å². The van der Waals surface area contributed by atoms with E-state index in [9.17, 15) is 4.79 Å². The third-order valence-corrected chi connectivity index (χ3v) is 2.88. The third kappa shape index (κ3) is 9.91. The molecule has 0 aliphatic rings. The molecule has 1 unspecified atom stereocenters. The lowest BCUT2D eigenvalue weighted by molar-refractivity contribution is -0.116. The Balaban J connectivity index is 3.56. The number of aliphatic hydroxyl groups excluding tert-OH is 1. The fourth-order valence-corrected chi connectivity index (χ4v) is 1.72. The summed E-state index contributed by atoms with van der Waals surface area (Å²) in [7, 11) is 0. The average Bonchev–Trinajstić information content (AvgIpc) is 2.17. The van der Waals surface area contributed by atoms with E-state index < -0.39 is 0 Å². The van der Waals surface area contributed by atoms with Crippen LogP contribution in [0.1, 0.15) is 59.3 Å². The molecule has 1 N–H and O–H groups in total. The minimum absolute atomic E-state index is 0.264. The highest BCUT2D eigenvalue weighted by molar-refractivity contribution is 5.75. The summed E-state index contributed by atoms with van der Waals surface area (Å²) in [5, 5.41) is 8.77. The van der Waals surface area contributed by atoms with Gasteiger partial charge in [-0.15, -0.1) is 0 Å². The molecule has 0 spiro atoms. The average molecular weight is 226 g/mol. The van der Waals surface area contributed by atoms with Crippen LogP contribution in [0.3, 0.4) is 0 Å². The molecular formula is C14H26O2. The second kappa shape index (κ2) is 9.59. The molecule has 2 nitrogen and oxygen atoms in total. The maximum Gasteiger partial charge on any atom is 0.130 e. The van der Waals surface area contributed by atoms with E-state index in [-0.39, 0.29) is 5.78 Å². The summed E-state index contributed by atoms with van der Waals surface area (Å²) in [6.45, 7) is 6.26. The van der Waals surface area contributed by atoms with Crippen LogP contribution >= 0.6 is 0 Å². The minimum Gasteiger partial charge on any atom is -0.396 e. The zero-order valence-electron chi connectivity index (χ0n) is 11.0. The molecule has 16 heavy (non-hydrogen) atoms. The van der Waals surface area contributed by atoms with Crippen molar-refractivity contribution in [2.24, 2.45) is 5.92 Å². The van der Waals surface area contributed by atoms with Crippen molar-refractivity contribution >= 4 is 5.78 Å². The Morgan fingerprint density at radius 1 is 1.25 bits per heavy atom. The van der Waals surface area contributed by atoms with Crippen LogP contribution in [0.25, 0.3) is 0 Å². The number of aliphatic hydroxyl groups is 1. The molecule has 0 radical (unpaired) electrons. The predicted octanol–water partition coefficient (Wildman–Crippen LogP) is 3.49. The molecule has 0 aliphatic heterocycles. The molecule has 0 aromatic rings. The highest BCUT2D eigenvalue weighted by atomic mass is 16.3. The van der Waals surface area contributed by atoms with Gasteiger partial charge >= 0.3 is 0 Å². The second-order valence-corrected chi connectivity index (χ2v) is 4.80. The quantitative estimate of drug-likeness (QED) is 0.611. The first kappa shape index (κ1) is 15.4. The van der Waals surface area contributed by atoms with E-state index in [0.717, 1.165) is 19.3 Å². The van der Waals surface area contributed by atoms with Crippen LogP contribution in [0.4, 0.5) is 0 Å². The molecule has 0 saturated heterocycles. The van der Waals surface area contributed by atoms with E-state index in [1.807, 2.05) is 0 Å². The Hall–Kier alpha value is -0.630. The van der Waals surface area contributed by atoms with Crippen molar-refractivity contribution in [3.63, 3.8) is 0 Å². The number of hydrogen-bond donors (Lipinski definition) is 1. The van der Waals surface area contributed by atoms with Gasteiger partial charge in [-0.1, -0.05) is 25.0 Å². The topological polar surface area (TPSA) is 37.3 Å². The van der Waals surface area contributed by atoms with Crippen molar-refractivity contribution in [3.8, 4) is 0 Å². The Morgan fingerprint density at radius 2 is 1.94 bits per heavy atom. The number of hydrogen-bond acceptors (Lipinski definition) is 2. The number of allylic oxidation sites excluding steroid dienone is 2. The van der Waals surface area contributed by atoms with E-state index >= 15 is 0 Å². The SMILES string of the molecule is CC(=O)CCC=C(C)CCCC(C)CCO. The minimum atomic E-state index is 0.264. The molecule has 2 heteroatoms. The summed E-state index contributed by atoms with van der Waals surface area (Å²) in [4.78, 5) is 10.7. The number of ketones is 1. The molecule has 1 atom stereocenters. The molecule has 0 saturated carbocycles. The van der Waals surface area contributed by atoms with Crippen molar-refractivity contribution in [2.45, 2.75) is 59.3 Å². The van der Waals surface area contributed by atoms with E-state index in [4.69, 9.17) is 5.11 Å². The maximum absolute atomic E-state index is 10.7. The monoisotopic (exact) mass is 226 g/mol. The first-order valence-electron chi connectivity index (χ1n) is 6.32. The lowest BCUT2D eigenvalue weighted by Gasteiger charge is -2.09. The Bertz CT molecular complexity index is 219. The fraction of sp³-hybridized carbons (Fsp3) is 0.786. The van der Waals surface area contributed by atoms with E-state index in [2.05, 4.69) is 19.9 Å². The van der Waals surface area contributed by atoms with Crippen LogP contribution in [0.2, 0.25) is 0 Å². The lowest BCUT2D eigenvalue weighted by atomic mass is 9.99. The summed E-state index contributed by atoms with van der Waals surface area (Å²) in [6, 6.07) is 0.